The van der Waals surface area contributed by atoms with Gasteiger partial charge in [-0.3, -0.25) is 20.0 Å². The van der Waals surface area contributed by atoms with Crippen LogP contribution >= 0.6 is 0 Å². The van der Waals surface area contributed by atoms with E-state index in [-0.39, 0.29) is 18.3 Å². The number of allylic oxidation sites excluding steroid dienone is 2. The molecule has 176 valence electrons. The van der Waals surface area contributed by atoms with E-state index in [1.165, 1.54) is 11.8 Å². The van der Waals surface area contributed by atoms with Gasteiger partial charge in [-0.05, 0) is 0 Å². The quantitative estimate of drug-likeness (QED) is 0.326. The Morgan fingerprint density at radius 3 is 2.79 bits per heavy atom. The van der Waals surface area contributed by atoms with Crippen LogP contribution in [-0.2, 0) is 14.3 Å². The highest BCUT2D eigenvalue weighted by Gasteiger charge is 2.41. The molecule has 1 aromatic heterocycles. The highest BCUT2D eigenvalue weighted by Crippen LogP contribution is 2.34. The van der Waals surface area contributed by atoms with Gasteiger partial charge in [0.2, 0.25) is 11.8 Å². The third-order valence-corrected chi connectivity index (χ3v) is 5.47. The minimum atomic E-state index is -2.81. The Morgan fingerprint density at radius 1 is 1.33 bits per heavy atom. The van der Waals surface area contributed by atoms with Crippen molar-refractivity contribution in [1.82, 2.24) is 9.97 Å². The van der Waals surface area contributed by atoms with Gasteiger partial charge in [-0.1, -0.05) is 24.3 Å². The predicted molar refractivity (Wildman–Crippen MR) is 118 cm³/mol. The summed E-state index contributed by atoms with van der Waals surface area (Å²) in [7, 11) is 0. The van der Waals surface area contributed by atoms with E-state index in [4.69, 9.17) is 14.9 Å². The molecular weight excluding hydrogens is 436 g/mol. The molecule has 33 heavy (non-hydrogen) atoms. The Labute approximate surface area is 189 Å². The Balaban J connectivity index is 1.76. The molecule has 0 amide bonds. The number of carbonyl (C=O) groups is 1. The van der Waals surface area contributed by atoms with Crippen molar-refractivity contribution < 1.29 is 28.4 Å². The fourth-order valence-corrected chi connectivity index (χ4v) is 3.96. The maximum absolute atomic E-state index is 14.0. The summed E-state index contributed by atoms with van der Waals surface area (Å²) < 4.78 is 38.5. The number of hydrogen-bond donors (Lipinski definition) is 2. The molecule has 1 aromatic rings. The molecule has 1 fully saturated rings. The van der Waals surface area contributed by atoms with Crippen LogP contribution < -0.4 is 15.1 Å². The second-order valence-corrected chi connectivity index (χ2v) is 7.63. The van der Waals surface area contributed by atoms with Crippen LogP contribution in [0.3, 0.4) is 0 Å². The normalized spacial score (nSPS) is 21.9. The van der Waals surface area contributed by atoms with Crippen molar-refractivity contribution in [2.24, 2.45) is 4.99 Å². The van der Waals surface area contributed by atoms with Gasteiger partial charge in [0.15, 0.2) is 11.7 Å². The SMILES string of the molecule is CC(=O)OCC[NH2+]c1nc(N2CCOCC2)nc(N2C(C(F)F)=NC3C=CC=CC32)c1C=N. The number of amidine groups is 1. The fraction of sp³-hybridized carbons (Fsp3) is 0.476. The first-order chi connectivity index (χ1) is 16.0. The number of esters is 1. The van der Waals surface area contributed by atoms with E-state index in [0.29, 0.717) is 50.2 Å². The fourth-order valence-electron chi connectivity index (χ4n) is 3.96. The largest absolute Gasteiger partial charge is 0.460 e. The summed E-state index contributed by atoms with van der Waals surface area (Å²) in [5.41, 5.74) is 0.298. The van der Waals surface area contributed by atoms with Gasteiger partial charge in [0.25, 0.3) is 6.43 Å². The van der Waals surface area contributed by atoms with Gasteiger partial charge in [0.05, 0.1) is 25.3 Å². The number of aromatic nitrogens is 2. The Bertz CT molecular complexity index is 992. The summed E-state index contributed by atoms with van der Waals surface area (Å²) in [5.74, 6) is 0.195. The van der Waals surface area contributed by atoms with E-state index in [2.05, 4.69) is 15.0 Å². The predicted octanol–water partition coefficient (Wildman–Crippen LogP) is 0.416. The summed E-state index contributed by atoms with van der Waals surface area (Å²) in [6, 6.07) is -0.935. The highest BCUT2D eigenvalue weighted by molar-refractivity contribution is 6.06. The molecule has 2 unspecified atom stereocenters. The number of hydrogen-bond acceptors (Lipinski definition) is 9. The van der Waals surface area contributed by atoms with Crippen LogP contribution in [0.2, 0.25) is 0 Å². The average molecular weight is 462 g/mol. The second-order valence-electron chi connectivity index (χ2n) is 7.63. The van der Waals surface area contributed by atoms with Gasteiger partial charge in [-0.25, -0.2) is 8.78 Å². The molecule has 3 heterocycles. The molecule has 3 aliphatic rings. The zero-order chi connectivity index (χ0) is 23.4. The molecule has 0 saturated carbocycles. The topological polar surface area (TPSA) is 121 Å². The zero-order valence-electron chi connectivity index (χ0n) is 18.2. The lowest BCUT2D eigenvalue weighted by Crippen LogP contribution is -2.80. The van der Waals surface area contributed by atoms with E-state index in [1.807, 2.05) is 4.90 Å². The molecular formula is C21H26F2N7O3+. The summed E-state index contributed by atoms with van der Waals surface area (Å²) in [6.45, 7) is 3.93. The highest BCUT2D eigenvalue weighted by atomic mass is 19.3. The van der Waals surface area contributed by atoms with Crippen LogP contribution in [0.5, 0.6) is 0 Å². The first-order valence-electron chi connectivity index (χ1n) is 10.7. The number of fused-ring (bicyclic) bond motifs is 1. The van der Waals surface area contributed by atoms with E-state index in [0.717, 1.165) is 6.21 Å². The minimum Gasteiger partial charge on any atom is -0.460 e. The van der Waals surface area contributed by atoms with E-state index in [9.17, 15) is 13.6 Å². The van der Waals surface area contributed by atoms with Crippen molar-refractivity contribution in [3.63, 3.8) is 0 Å². The van der Waals surface area contributed by atoms with Gasteiger partial charge >= 0.3 is 5.97 Å². The Morgan fingerprint density at radius 2 is 2.09 bits per heavy atom. The summed E-state index contributed by atoms with van der Waals surface area (Å²) in [6.07, 6.45) is 5.40. The monoisotopic (exact) mass is 462 g/mol. The maximum Gasteiger partial charge on any atom is 0.302 e. The number of morpholine rings is 1. The van der Waals surface area contributed by atoms with Crippen molar-refractivity contribution in [3.05, 3.63) is 29.9 Å². The lowest BCUT2D eigenvalue weighted by atomic mass is 10.0. The molecule has 2 aliphatic heterocycles. The Hall–Kier alpha value is -3.25. The van der Waals surface area contributed by atoms with E-state index >= 15 is 0 Å². The number of nitrogens with zero attached hydrogens (tertiary/aromatic N) is 5. The van der Waals surface area contributed by atoms with Gasteiger partial charge in [-0.15, -0.1) is 0 Å². The van der Waals surface area contributed by atoms with Crippen LogP contribution in [-0.4, -0.2) is 86.0 Å². The third-order valence-electron chi connectivity index (χ3n) is 5.47. The number of anilines is 2. The summed E-state index contributed by atoms with van der Waals surface area (Å²) in [5, 5.41) is 9.75. The number of carbonyl (C=O) groups excluding carboxylic acids is 1. The number of halogens is 2. The van der Waals surface area contributed by atoms with Crippen LogP contribution in [0, 0.1) is 5.41 Å². The molecule has 1 aliphatic carbocycles. The minimum absolute atomic E-state index is 0.144. The van der Waals surface area contributed by atoms with Gasteiger partial charge in [-0.2, -0.15) is 9.97 Å². The van der Waals surface area contributed by atoms with Gasteiger partial charge < -0.3 is 19.8 Å². The number of nitrogens with one attached hydrogen (secondary N) is 1. The van der Waals surface area contributed by atoms with Crippen LogP contribution in [0.25, 0.3) is 0 Å². The van der Waals surface area contributed by atoms with Crippen LogP contribution in [0.4, 0.5) is 26.4 Å². The average Bonchev–Trinajstić information content (AvgIpc) is 3.21. The third kappa shape index (κ3) is 4.91. The standard InChI is InChI=1S/C21H25F2N7O3/c1-13(31)33-9-6-25-18-14(12-24)19(28-21(27-18)29-7-10-32-11-8-29)30-16-5-3-2-4-15(16)26-20(30)17(22)23/h2-5,12,15-17,24H,6-11H2,1H3,(H,25,27,28)/p+1. The maximum atomic E-state index is 14.0. The number of rotatable bonds is 8. The van der Waals surface area contributed by atoms with Gasteiger partial charge in [0, 0.05) is 26.2 Å². The van der Waals surface area contributed by atoms with Crippen molar-refractivity contribution in [3.8, 4) is 0 Å². The number of alkyl halides is 2. The lowest BCUT2D eigenvalue weighted by Gasteiger charge is -2.31. The van der Waals surface area contributed by atoms with Crippen LogP contribution in [0.1, 0.15) is 12.5 Å². The first kappa shape index (κ1) is 22.9. The van der Waals surface area contributed by atoms with Crippen molar-refractivity contribution >= 4 is 35.6 Å². The molecule has 0 aromatic carbocycles. The summed E-state index contributed by atoms with van der Waals surface area (Å²) >= 11 is 0. The number of aliphatic imine (C=N–C) groups is 1. The van der Waals surface area contributed by atoms with Crippen molar-refractivity contribution in [2.45, 2.75) is 25.4 Å². The van der Waals surface area contributed by atoms with E-state index in [1.54, 1.807) is 29.6 Å². The lowest BCUT2D eigenvalue weighted by molar-refractivity contribution is -0.576. The second kappa shape index (κ2) is 10.1. The molecule has 4 rings (SSSR count). The molecule has 0 bridgehead atoms. The number of quaternary nitrogens is 1. The van der Waals surface area contributed by atoms with Crippen molar-refractivity contribution in [2.75, 3.05) is 49.3 Å². The number of ether oxygens (including phenoxy) is 2. The van der Waals surface area contributed by atoms with Crippen molar-refractivity contribution in [1.29, 1.82) is 5.41 Å². The van der Waals surface area contributed by atoms with E-state index < -0.39 is 24.5 Å². The Kier molecular flexibility index (Phi) is 7.04. The molecule has 0 radical (unpaired) electrons. The molecule has 1 saturated heterocycles. The zero-order valence-corrected chi connectivity index (χ0v) is 18.2. The first-order valence-corrected chi connectivity index (χ1v) is 10.7. The van der Waals surface area contributed by atoms with Gasteiger partial charge in [0.1, 0.15) is 18.7 Å². The summed E-state index contributed by atoms with van der Waals surface area (Å²) in [4.78, 5) is 27.9. The smallest absolute Gasteiger partial charge is 0.302 e. The molecule has 10 nitrogen and oxygen atoms in total. The molecule has 2 atom stereocenters. The number of nitrogens with two attached hydrogens (primary N) is 1. The molecule has 3 N–H and O–H groups in total. The van der Waals surface area contributed by atoms with Crippen LogP contribution in [0.15, 0.2) is 29.3 Å². The molecule has 12 heteroatoms. The molecule has 0 spiro atoms.